The van der Waals surface area contributed by atoms with Gasteiger partial charge in [0.05, 0.1) is 12.2 Å². The average Bonchev–Trinajstić information content (AvgIpc) is 2.51. The Morgan fingerprint density at radius 3 is 3.08 bits per heavy atom. The molecule has 0 amide bonds. The molecule has 1 unspecified atom stereocenters. The standard InChI is InChI=1S/C7H10N2O3/c8-5(1-2-7(10)11)6-3-4-9-12-6/h3-5H,1-2,8H2,(H,10,11). The van der Waals surface area contributed by atoms with E-state index in [1.165, 1.54) is 6.20 Å². The van der Waals surface area contributed by atoms with E-state index < -0.39 is 5.97 Å². The monoisotopic (exact) mass is 170 g/mol. The quantitative estimate of drug-likeness (QED) is 0.688. The maximum Gasteiger partial charge on any atom is 0.303 e. The van der Waals surface area contributed by atoms with Crippen LogP contribution in [-0.4, -0.2) is 16.2 Å². The number of aliphatic carboxylic acids is 1. The van der Waals surface area contributed by atoms with Crippen LogP contribution in [0.25, 0.3) is 0 Å². The van der Waals surface area contributed by atoms with Crippen molar-refractivity contribution in [2.24, 2.45) is 5.73 Å². The van der Waals surface area contributed by atoms with Crippen molar-refractivity contribution in [2.75, 3.05) is 0 Å². The zero-order valence-corrected chi connectivity index (χ0v) is 6.43. The molecular formula is C7H10N2O3. The second-order valence-electron chi connectivity index (χ2n) is 2.45. The van der Waals surface area contributed by atoms with Crippen LogP contribution in [0.4, 0.5) is 0 Å². The van der Waals surface area contributed by atoms with Crippen LogP contribution in [0.15, 0.2) is 16.8 Å². The maximum absolute atomic E-state index is 10.2. The van der Waals surface area contributed by atoms with E-state index in [1.54, 1.807) is 6.07 Å². The molecule has 0 aliphatic heterocycles. The minimum absolute atomic E-state index is 0.0435. The highest BCUT2D eigenvalue weighted by Crippen LogP contribution is 2.13. The predicted molar refractivity (Wildman–Crippen MR) is 40.3 cm³/mol. The van der Waals surface area contributed by atoms with Crippen LogP contribution in [0.2, 0.25) is 0 Å². The number of aromatic nitrogens is 1. The second-order valence-corrected chi connectivity index (χ2v) is 2.45. The fourth-order valence-corrected chi connectivity index (χ4v) is 0.838. The summed E-state index contributed by atoms with van der Waals surface area (Å²) in [5.41, 5.74) is 5.59. The molecule has 12 heavy (non-hydrogen) atoms. The number of rotatable bonds is 4. The molecule has 0 saturated heterocycles. The van der Waals surface area contributed by atoms with Gasteiger partial charge in [0.2, 0.25) is 0 Å². The van der Waals surface area contributed by atoms with Gasteiger partial charge in [0, 0.05) is 12.5 Å². The zero-order chi connectivity index (χ0) is 8.97. The molecule has 0 radical (unpaired) electrons. The summed E-state index contributed by atoms with van der Waals surface area (Å²) in [5.74, 6) is -0.332. The molecule has 0 aliphatic rings. The van der Waals surface area contributed by atoms with E-state index in [0.29, 0.717) is 12.2 Å². The van der Waals surface area contributed by atoms with Crippen LogP contribution < -0.4 is 5.73 Å². The van der Waals surface area contributed by atoms with Gasteiger partial charge in [0.25, 0.3) is 0 Å². The minimum atomic E-state index is -0.857. The molecule has 0 spiro atoms. The summed E-state index contributed by atoms with van der Waals surface area (Å²) in [6, 6.07) is 1.26. The molecular weight excluding hydrogens is 160 g/mol. The average molecular weight is 170 g/mol. The lowest BCUT2D eigenvalue weighted by atomic mass is 10.1. The van der Waals surface area contributed by atoms with Gasteiger partial charge in [0.15, 0.2) is 5.76 Å². The molecule has 0 aliphatic carbocycles. The molecule has 1 atom stereocenters. The van der Waals surface area contributed by atoms with E-state index in [4.69, 9.17) is 15.4 Å². The lowest BCUT2D eigenvalue weighted by molar-refractivity contribution is -0.137. The SMILES string of the molecule is NC(CCC(=O)O)c1ccno1. The van der Waals surface area contributed by atoms with Gasteiger partial charge in [-0.3, -0.25) is 4.79 Å². The molecule has 3 N–H and O–H groups in total. The Morgan fingerprint density at radius 1 is 1.83 bits per heavy atom. The smallest absolute Gasteiger partial charge is 0.303 e. The van der Waals surface area contributed by atoms with Crippen LogP contribution >= 0.6 is 0 Å². The van der Waals surface area contributed by atoms with E-state index >= 15 is 0 Å². The van der Waals surface area contributed by atoms with Crippen molar-refractivity contribution in [3.8, 4) is 0 Å². The number of hydrogen-bond acceptors (Lipinski definition) is 4. The van der Waals surface area contributed by atoms with Crippen molar-refractivity contribution in [3.63, 3.8) is 0 Å². The normalized spacial score (nSPS) is 12.8. The Bertz CT molecular complexity index is 245. The first-order valence-corrected chi connectivity index (χ1v) is 3.58. The van der Waals surface area contributed by atoms with Gasteiger partial charge in [-0.05, 0) is 6.42 Å². The van der Waals surface area contributed by atoms with Crippen molar-refractivity contribution < 1.29 is 14.4 Å². The summed E-state index contributed by atoms with van der Waals surface area (Å²) in [6.45, 7) is 0. The fraction of sp³-hybridized carbons (Fsp3) is 0.429. The first-order valence-electron chi connectivity index (χ1n) is 3.58. The maximum atomic E-state index is 10.2. The van der Waals surface area contributed by atoms with E-state index in [0.717, 1.165) is 0 Å². The molecule has 0 bridgehead atoms. The van der Waals surface area contributed by atoms with Crippen LogP contribution in [-0.2, 0) is 4.79 Å². The number of carboxylic acids is 1. The highest BCUT2D eigenvalue weighted by atomic mass is 16.5. The first kappa shape index (κ1) is 8.73. The van der Waals surface area contributed by atoms with Crippen molar-refractivity contribution in [3.05, 3.63) is 18.0 Å². The lowest BCUT2D eigenvalue weighted by Crippen LogP contribution is -2.11. The van der Waals surface area contributed by atoms with E-state index in [1.807, 2.05) is 0 Å². The van der Waals surface area contributed by atoms with Gasteiger partial charge < -0.3 is 15.4 Å². The third-order valence-electron chi connectivity index (χ3n) is 1.49. The Balaban J connectivity index is 2.39. The van der Waals surface area contributed by atoms with Crippen molar-refractivity contribution in [2.45, 2.75) is 18.9 Å². The number of hydrogen-bond donors (Lipinski definition) is 2. The zero-order valence-electron chi connectivity index (χ0n) is 6.43. The summed E-state index contributed by atoms with van der Waals surface area (Å²) in [4.78, 5) is 10.2. The molecule has 1 aromatic rings. The molecule has 5 heteroatoms. The lowest BCUT2D eigenvalue weighted by Gasteiger charge is -2.03. The summed E-state index contributed by atoms with van der Waals surface area (Å²) in [6.07, 6.45) is 1.89. The summed E-state index contributed by atoms with van der Waals surface area (Å²) < 4.78 is 4.76. The van der Waals surface area contributed by atoms with Gasteiger partial charge in [-0.15, -0.1) is 0 Å². The van der Waals surface area contributed by atoms with Crippen LogP contribution in [0, 0.1) is 0 Å². The fourth-order valence-electron chi connectivity index (χ4n) is 0.838. The molecule has 1 aromatic heterocycles. The Labute approximate surface area is 69.2 Å². The molecule has 0 saturated carbocycles. The molecule has 1 rings (SSSR count). The van der Waals surface area contributed by atoms with Crippen molar-refractivity contribution >= 4 is 5.97 Å². The van der Waals surface area contributed by atoms with Gasteiger partial charge in [-0.2, -0.15) is 0 Å². The van der Waals surface area contributed by atoms with Gasteiger partial charge in [-0.1, -0.05) is 5.16 Å². The Kier molecular flexibility index (Phi) is 2.82. The summed E-state index contributed by atoms with van der Waals surface area (Å²) in [7, 11) is 0. The highest BCUT2D eigenvalue weighted by molar-refractivity contribution is 5.66. The predicted octanol–water partition coefficient (Wildman–Crippen LogP) is 0.539. The number of nitrogens with zero attached hydrogens (tertiary/aromatic N) is 1. The van der Waals surface area contributed by atoms with Gasteiger partial charge >= 0.3 is 5.97 Å². The van der Waals surface area contributed by atoms with E-state index in [9.17, 15) is 4.79 Å². The van der Waals surface area contributed by atoms with Crippen LogP contribution in [0.1, 0.15) is 24.6 Å². The largest absolute Gasteiger partial charge is 0.481 e. The number of carbonyl (C=O) groups is 1. The molecule has 66 valence electrons. The summed E-state index contributed by atoms with van der Waals surface area (Å²) >= 11 is 0. The minimum Gasteiger partial charge on any atom is -0.481 e. The topological polar surface area (TPSA) is 89.4 Å². The Hall–Kier alpha value is -1.36. The van der Waals surface area contributed by atoms with Gasteiger partial charge in [-0.25, -0.2) is 0 Å². The molecule has 5 nitrogen and oxygen atoms in total. The number of carboxylic acid groups (broad SMARTS) is 1. The van der Waals surface area contributed by atoms with E-state index in [2.05, 4.69) is 5.16 Å². The van der Waals surface area contributed by atoms with Crippen molar-refractivity contribution in [1.82, 2.24) is 5.16 Å². The summed E-state index contributed by atoms with van der Waals surface area (Å²) in [5, 5.41) is 11.8. The van der Waals surface area contributed by atoms with Crippen molar-refractivity contribution in [1.29, 1.82) is 0 Å². The highest BCUT2D eigenvalue weighted by Gasteiger charge is 2.10. The Morgan fingerprint density at radius 2 is 2.58 bits per heavy atom. The van der Waals surface area contributed by atoms with Crippen LogP contribution in [0.3, 0.4) is 0 Å². The van der Waals surface area contributed by atoms with Gasteiger partial charge in [0.1, 0.15) is 0 Å². The second kappa shape index (κ2) is 3.87. The van der Waals surface area contributed by atoms with Crippen LogP contribution in [0.5, 0.6) is 0 Å². The third-order valence-corrected chi connectivity index (χ3v) is 1.49. The molecule has 0 fully saturated rings. The van der Waals surface area contributed by atoms with E-state index in [-0.39, 0.29) is 12.5 Å². The molecule has 0 aromatic carbocycles. The third kappa shape index (κ3) is 2.35. The molecule has 1 heterocycles. The first-order chi connectivity index (χ1) is 5.70. The number of nitrogens with two attached hydrogens (primary N) is 1.